The number of imidazole rings is 1. The van der Waals surface area contributed by atoms with E-state index in [4.69, 9.17) is 4.42 Å². The predicted octanol–water partition coefficient (Wildman–Crippen LogP) is 2.12. The smallest absolute Gasteiger partial charge is 0.294 e. The van der Waals surface area contributed by atoms with Crippen molar-refractivity contribution in [3.63, 3.8) is 0 Å². The highest BCUT2D eigenvalue weighted by atomic mass is 16.3. The fourth-order valence-corrected chi connectivity index (χ4v) is 3.81. The van der Waals surface area contributed by atoms with Crippen molar-refractivity contribution in [1.29, 1.82) is 0 Å². The fraction of sp³-hybridized carbons (Fsp3) is 0.300. The lowest BCUT2D eigenvalue weighted by Crippen LogP contribution is -2.41. The highest BCUT2D eigenvalue weighted by Gasteiger charge is 2.38. The Kier molecular flexibility index (Phi) is 4.17. The minimum absolute atomic E-state index is 0.155. The summed E-state index contributed by atoms with van der Waals surface area (Å²) in [5.74, 6) is 1.24. The van der Waals surface area contributed by atoms with Gasteiger partial charge in [0.25, 0.3) is 5.91 Å². The number of aromatic nitrogens is 5. The second-order valence-corrected chi connectivity index (χ2v) is 7.45. The van der Waals surface area contributed by atoms with Gasteiger partial charge in [-0.1, -0.05) is 18.2 Å². The number of carbonyl (C=O) groups excluding carboxylic acids is 1. The fourth-order valence-electron chi connectivity index (χ4n) is 3.81. The van der Waals surface area contributed by atoms with Crippen molar-refractivity contribution in [2.45, 2.75) is 19.0 Å². The number of hydrogen-bond acceptors (Lipinski definition) is 6. The van der Waals surface area contributed by atoms with Crippen molar-refractivity contribution in [1.82, 2.24) is 34.9 Å². The third-order valence-electron chi connectivity index (χ3n) is 5.09. The summed E-state index contributed by atoms with van der Waals surface area (Å²) in [6, 6.07) is 9.35. The lowest BCUT2D eigenvalue weighted by atomic mass is 10.00. The highest BCUT2D eigenvalue weighted by molar-refractivity contribution is 5.91. The first-order valence-corrected chi connectivity index (χ1v) is 9.48. The van der Waals surface area contributed by atoms with Crippen LogP contribution in [0.1, 0.15) is 39.6 Å². The minimum Gasteiger partial charge on any atom is -0.458 e. The molecule has 3 aromatic heterocycles. The third kappa shape index (κ3) is 3.09. The number of carbonyl (C=O) groups is 1. The number of fused-ring (bicyclic) bond motifs is 2. The summed E-state index contributed by atoms with van der Waals surface area (Å²) < 4.78 is 6.10. The van der Waals surface area contributed by atoms with E-state index in [0.29, 0.717) is 31.1 Å². The molecule has 1 amide bonds. The first kappa shape index (κ1) is 17.6. The number of nitrogens with one attached hydrogen (secondary N) is 2. The number of nitrogens with zero attached hydrogens (tertiary/aromatic N) is 5. The van der Waals surface area contributed by atoms with Crippen molar-refractivity contribution >= 4 is 16.9 Å². The number of para-hydroxylation sites is 1. The molecule has 0 unspecified atom stereocenters. The Hall–Kier alpha value is -3.46. The van der Waals surface area contributed by atoms with Crippen molar-refractivity contribution in [2.24, 2.45) is 0 Å². The molecule has 0 spiro atoms. The number of rotatable bonds is 4. The van der Waals surface area contributed by atoms with Gasteiger partial charge in [-0.15, -0.1) is 5.10 Å². The van der Waals surface area contributed by atoms with Gasteiger partial charge < -0.3 is 19.2 Å². The number of hydrogen-bond donors (Lipinski definition) is 2. The Balaban J connectivity index is 1.54. The average molecular weight is 391 g/mol. The molecular formula is C20H21N7O2. The maximum Gasteiger partial charge on any atom is 0.294 e. The van der Waals surface area contributed by atoms with Crippen molar-refractivity contribution in [3.8, 4) is 0 Å². The third-order valence-corrected chi connectivity index (χ3v) is 5.09. The molecule has 0 aliphatic carbocycles. The number of furan rings is 1. The van der Waals surface area contributed by atoms with Crippen LogP contribution in [0.5, 0.6) is 0 Å². The summed E-state index contributed by atoms with van der Waals surface area (Å²) in [7, 11) is 3.87. The van der Waals surface area contributed by atoms with E-state index in [1.165, 1.54) is 0 Å². The van der Waals surface area contributed by atoms with Crippen LogP contribution in [0.3, 0.4) is 0 Å². The molecule has 0 fully saturated rings. The number of aromatic amines is 2. The Labute approximate surface area is 166 Å². The molecule has 2 N–H and O–H groups in total. The van der Waals surface area contributed by atoms with Crippen molar-refractivity contribution in [3.05, 3.63) is 65.5 Å². The second-order valence-electron chi connectivity index (χ2n) is 7.45. The molecule has 1 aliphatic heterocycles. The molecule has 1 aliphatic rings. The van der Waals surface area contributed by atoms with Gasteiger partial charge in [0.1, 0.15) is 23.2 Å². The molecule has 0 radical (unpaired) electrons. The standard InChI is InChI=1S/C20H21N7O2/c1-26(2)10-16-23-19(25-24-16)20(28)27-8-7-13-17(22-11-21-13)18(27)15-9-12-5-3-4-6-14(12)29-15/h3-6,9,11,18H,7-8,10H2,1-2H3,(H,21,22)(H,23,24,25)/t18-/m1/s1. The van der Waals surface area contributed by atoms with Crippen LogP contribution < -0.4 is 0 Å². The zero-order valence-electron chi connectivity index (χ0n) is 16.2. The first-order valence-electron chi connectivity index (χ1n) is 9.48. The molecule has 0 bridgehead atoms. The van der Waals surface area contributed by atoms with Gasteiger partial charge in [-0.05, 0) is 26.2 Å². The first-order chi connectivity index (χ1) is 14.1. The topological polar surface area (TPSA) is 107 Å². The van der Waals surface area contributed by atoms with E-state index >= 15 is 0 Å². The van der Waals surface area contributed by atoms with E-state index in [1.54, 1.807) is 11.2 Å². The van der Waals surface area contributed by atoms with Crippen molar-refractivity contribution < 1.29 is 9.21 Å². The Morgan fingerprint density at radius 2 is 2.21 bits per heavy atom. The number of benzene rings is 1. The minimum atomic E-state index is -0.430. The molecule has 0 saturated heterocycles. The molecule has 9 heteroatoms. The molecular weight excluding hydrogens is 370 g/mol. The Morgan fingerprint density at radius 1 is 1.34 bits per heavy atom. The van der Waals surface area contributed by atoms with Crippen LogP contribution in [0.2, 0.25) is 0 Å². The van der Waals surface area contributed by atoms with Crippen LogP contribution in [0.4, 0.5) is 0 Å². The van der Waals surface area contributed by atoms with Gasteiger partial charge in [0.2, 0.25) is 5.82 Å². The summed E-state index contributed by atoms with van der Waals surface area (Å²) in [6.07, 6.45) is 2.35. The van der Waals surface area contributed by atoms with E-state index in [9.17, 15) is 4.79 Å². The van der Waals surface area contributed by atoms with Gasteiger partial charge in [0, 0.05) is 24.0 Å². The zero-order chi connectivity index (χ0) is 20.0. The van der Waals surface area contributed by atoms with Gasteiger partial charge in [0.05, 0.1) is 18.6 Å². The molecule has 1 atom stereocenters. The SMILES string of the molecule is CN(C)Cc1nc(C(=O)N2CCc3[nH]cnc3[C@H]2c2cc3ccccc3o2)n[nH]1. The second kappa shape index (κ2) is 6.85. The molecule has 4 heterocycles. The molecule has 5 rings (SSSR count). The largest absolute Gasteiger partial charge is 0.458 e. The highest BCUT2D eigenvalue weighted by Crippen LogP contribution is 2.36. The van der Waals surface area contributed by atoms with Crippen LogP contribution in [0.15, 0.2) is 41.1 Å². The van der Waals surface area contributed by atoms with Crippen LogP contribution in [0, 0.1) is 0 Å². The summed E-state index contributed by atoms with van der Waals surface area (Å²) in [4.78, 5) is 29.1. The normalized spacial score (nSPS) is 16.5. The van der Waals surface area contributed by atoms with Gasteiger partial charge in [-0.25, -0.2) is 9.97 Å². The molecule has 1 aromatic carbocycles. The Bertz CT molecular complexity index is 1140. The van der Waals surface area contributed by atoms with E-state index < -0.39 is 6.04 Å². The predicted molar refractivity (Wildman–Crippen MR) is 105 cm³/mol. The molecule has 148 valence electrons. The van der Waals surface area contributed by atoms with Gasteiger partial charge >= 0.3 is 0 Å². The van der Waals surface area contributed by atoms with Crippen LogP contribution >= 0.6 is 0 Å². The van der Waals surface area contributed by atoms with E-state index in [2.05, 4.69) is 25.1 Å². The quantitative estimate of drug-likeness (QED) is 0.552. The average Bonchev–Trinajstić information content (AvgIpc) is 3.44. The van der Waals surface area contributed by atoms with Gasteiger partial charge in [-0.2, -0.15) is 0 Å². The summed E-state index contributed by atoms with van der Waals surface area (Å²) >= 11 is 0. The lowest BCUT2D eigenvalue weighted by molar-refractivity contribution is 0.0660. The zero-order valence-corrected chi connectivity index (χ0v) is 16.2. The van der Waals surface area contributed by atoms with Crippen LogP contribution in [0.25, 0.3) is 11.0 Å². The van der Waals surface area contributed by atoms with Gasteiger partial charge in [-0.3, -0.25) is 9.89 Å². The lowest BCUT2D eigenvalue weighted by Gasteiger charge is -2.32. The molecule has 9 nitrogen and oxygen atoms in total. The van der Waals surface area contributed by atoms with Gasteiger partial charge in [0.15, 0.2) is 0 Å². The number of H-pyrrole nitrogens is 2. The van der Waals surface area contributed by atoms with E-state index in [1.807, 2.05) is 49.3 Å². The maximum atomic E-state index is 13.3. The number of amides is 1. The van der Waals surface area contributed by atoms with E-state index in [-0.39, 0.29) is 11.7 Å². The molecule has 0 saturated carbocycles. The molecule has 29 heavy (non-hydrogen) atoms. The summed E-state index contributed by atoms with van der Waals surface area (Å²) in [6.45, 7) is 1.10. The molecule has 4 aromatic rings. The van der Waals surface area contributed by atoms with Crippen molar-refractivity contribution in [2.75, 3.05) is 20.6 Å². The van der Waals surface area contributed by atoms with E-state index in [0.717, 1.165) is 22.4 Å². The van der Waals surface area contributed by atoms with Crippen LogP contribution in [-0.2, 0) is 13.0 Å². The summed E-state index contributed by atoms with van der Waals surface area (Å²) in [5.41, 5.74) is 2.60. The monoisotopic (exact) mass is 391 g/mol. The summed E-state index contributed by atoms with van der Waals surface area (Å²) in [5, 5.41) is 7.99. The maximum absolute atomic E-state index is 13.3. The Morgan fingerprint density at radius 3 is 3.03 bits per heavy atom. The van der Waals surface area contributed by atoms with Crippen LogP contribution in [-0.4, -0.2) is 61.5 Å².